The van der Waals surface area contributed by atoms with E-state index in [-0.39, 0.29) is 0 Å². The van der Waals surface area contributed by atoms with Gasteiger partial charge < -0.3 is 5.32 Å². The number of piperazine rings is 1. The molecule has 2 aromatic rings. The largest absolute Gasteiger partial charge is 0.314 e. The van der Waals surface area contributed by atoms with Crippen molar-refractivity contribution in [3.63, 3.8) is 0 Å². The van der Waals surface area contributed by atoms with E-state index in [9.17, 15) is 0 Å². The molecule has 1 N–H and O–H groups in total. The lowest BCUT2D eigenvalue weighted by molar-refractivity contribution is 0.233. The molecular formula is C14H20N4. The molecule has 3 rings (SSSR count). The highest BCUT2D eigenvalue weighted by molar-refractivity contribution is 5.82. The summed E-state index contributed by atoms with van der Waals surface area (Å²) in [6.45, 7) is 7.60. The fraction of sp³-hybridized carbons (Fsp3) is 0.500. The summed E-state index contributed by atoms with van der Waals surface area (Å²) in [5.74, 6) is 0. The first kappa shape index (κ1) is 11.7. The Morgan fingerprint density at radius 3 is 2.83 bits per heavy atom. The van der Waals surface area contributed by atoms with E-state index in [1.54, 1.807) is 0 Å². The van der Waals surface area contributed by atoms with Crippen molar-refractivity contribution in [1.82, 2.24) is 20.0 Å². The molecule has 0 spiro atoms. The molecular weight excluding hydrogens is 224 g/mol. The minimum atomic E-state index is 1.04. The highest BCUT2D eigenvalue weighted by atomic mass is 15.3. The van der Waals surface area contributed by atoms with Gasteiger partial charge >= 0.3 is 0 Å². The Morgan fingerprint density at radius 2 is 2.06 bits per heavy atom. The zero-order valence-corrected chi connectivity index (χ0v) is 11.1. The molecule has 4 nitrogen and oxygen atoms in total. The number of fused-ring (bicyclic) bond motifs is 1. The summed E-state index contributed by atoms with van der Waals surface area (Å²) >= 11 is 0. The van der Waals surface area contributed by atoms with Crippen LogP contribution in [-0.2, 0) is 13.6 Å². The SMILES string of the molecule is Cc1nn(C)c2cc(CN3CCNCC3)ccc12. The van der Waals surface area contributed by atoms with Crippen LogP contribution in [0, 0.1) is 6.92 Å². The highest BCUT2D eigenvalue weighted by Gasteiger charge is 2.11. The summed E-state index contributed by atoms with van der Waals surface area (Å²) in [7, 11) is 2.02. The Morgan fingerprint density at radius 1 is 1.28 bits per heavy atom. The van der Waals surface area contributed by atoms with Crippen LogP contribution in [0.25, 0.3) is 10.9 Å². The van der Waals surface area contributed by atoms with Crippen molar-refractivity contribution in [1.29, 1.82) is 0 Å². The molecule has 0 saturated carbocycles. The number of benzene rings is 1. The predicted molar refractivity (Wildman–Crippen MR) is 73.6 cm³/mol. The van der Waals surface area contributed by atoms with Gasteiger partial charge in [0.25, 0.3) is 0 Å². The summed E-state index contributed by atoms with van der Waals surface area (Å²) in [4.78, 5) is 2.50. The van der Waals surface area contributed by atoms with Gasteiger partial charge in [0.1, 0.15) is 0 Å². The number of nitrogens with one attached hydrogen (secondary N) is 1. The summed E-state index contributed by atoms with van der Waals surface area (Å²) < 4.78 is 1.98. The third-order valence-electron chi connectivity index (χ3n) is 3.72. The van der Waals surface area contributed by atoms with E-state index in [1.165, 1.54) is 16.5 Å². The van der Waals surface area contributed by atoms with E-state index in [1.807, 2.05) is 11.7 Å². The first-order chi connectivity index (χ1) is 8.74. The van der Waals surface area contributed by atoms with Crippen LogP contribution in [0.15, 0.2) is 18.2 Å². The summed E-state index contributed by atoms with van der Waals surface area (Å²) in [5.41, 5.74) is 3.73. The van der Waals surface area contributed by atoms with Gasteiger partial charge in [-0.05, 0) is 18.6 Å². The molecule has 96 valence electrons. The molecule has 0 atom stereocenters. The molecule has 1 aromatic heterocycles. The molecule has 2 heterocycles. The number of hydrogen-bond donors (Lipinski definition) is 1. The molecule has 18 heavy (non-hydrogen) atoms. The minimum Gasteiger partial charge on any atom is -0.314 e. The van der Waals surface area contributed by atoms with Gasteiger partial charge in [0.05, 0.1) is 11.2 Å². The Kier molecular flexibility index (Phi) is 3.06. The average molecular weight is 244 g/mol. The van der Waals surface area contributed by atoms with Crippen molar-refractivity contribution < 1.29 is 0 Å². The van der Waals surface area contributed by atoms with Crippen LogP contribution in [0.2, 0.25) is 0 Å². The van der Waals surface area contributed by atoms with Crippen molar-refractivity contribution in [2.75, 3.05) is 26.2 Å². The molecule has 1 aliphatic heterocycles. The second-order valence-corrected chi connectivity index (χ2v) is 5.09. The molecule has 0 bridgehead atoms. The molecule has 1 saturated heterocycles. The Bertz CT molecular complexity index is 552. The average Bonchev–Trinajstić information content (AvgIpc) is 2.66. The van der Waals surface area contributed by atoms with Gasteiger partial charge in [-0.3, -0.25) is 9.58 Å². The topological polar surface area (TPSA) is 33.1 Å². The number of aryl methyl sites for hydroxylation is 2. The number of rotatable bonds is 2. The number of hydrogen-bond acceptors (Lipinski definition) is 3. The highest BCUT2D eigenvalue weighted by Crippen LogP contribution is 2.19. The molecule has 1 aromatic carbocycles. The van der Waals surface area contributed by atoms with Gasteiger partial charge in [-0.15, -0.1) is 0 Å². The summed E-state index contributed by atoms with van der Waals surface area (Å²) in [6, 6.07) is 6.71. The summed E-state index contributed by atoms with van der Waals surface area (Å²) in [6.07, 6.45) is 0. The monoisotopic (exact) mass is 244 g/mol. The molecule has 0 radical (unpaired) electrons. The van der Waals surface area contributed by atoms with Crippen LogP contribution in [-0.4, -0.2) is 40.9 Å². The lowest BCUT2D eigenvalue weighted by Gasteiger charge is -2.27. The van der Waals surface area contributed by atoms with Gasteiger partial charge in [0.2, 0.25) is 0 Å². The third kappa shape index (κ3) is 2.13. The summed E-state index contributed by atoms with van der Waals surface area (Å²) in [5, 5.41) is 9.12. The Balaban J connectivity index is 1.86. The van der Waals surface area contributed by atoms with Crippen LogP contribution in [0.3, 0.4) is 0 Å². The first-order valence-corrected chi connectivity index (χ1v) is 6.59. The van der Waals surface area contributed by atoms with E-state index in [0.29, 0.717) is 0 Å². The van der Waals surface area contributed by atoms with Crippen LogP contribution in [0.1, 0.15) is 11.3 Å². The molecule has 1 aliphatic rings. The van der Waals surface area contributed by atoms with Crippen LogP contribution >= 0.6 is 0 Å². The first-order valence-electron chi connectivity index (χ1n) is 6.59. The lowest BCUT2D eigenvalue weighted by Crippen LogP contribution is -2.42. The third-order valence-corrected chi connectivity index (χ3v) is 3.72. The van der Waals surface area contributed by atoms with Crippen LogP contribution in [0.5, 0.6) is 0 Å². The number of nitrogens with zero attached hydrogens (tertiary/aromatic N) is 3. The normalized spacial score (nSPS) is 17.4. The Hall–Kier alpha value is -1.39. The fourth-order valence-electron chi connectivity index (χ4n) is 2.71. The van der Waals surface area contributed by atoms with Crippen molar-refractivity contribution in [3.8, 4) is 0 Å². The lowest BCUT2D eigenvalue weighted by atomic mass is 10.1. The zero-order chi connectivity index (χ0) is 12.5. The van der Waals surface area contributed by atoms with Crippen molar-refractivity contribution in [2.24, 2.45) is 7.05 Å². The van der Waals surface area contributed by atoms with Gasteiger partial charge in [-0.25, -0.2) is 0 Å². The van der Waals surface area contributed by atoms with Crippen LogP contribution in [0.4, 0.5) is 0 Å². The molecule has 0 amide bonds. The maximum atomic E-state index is 4.47. The Labute approximate surface area is 108 Å². The second-order valence-electron chi connectivity index (χ2n) is 5.09. The molecule has 0 aliphatic carbocycles. The van der Waals surface area contributed by atoms with E-state index >= 15 is 0 Å². The van der Waals surface area contributed by atoms with E-state index in [4.69, 9.17) is 0 Å². The zero-order valence-electron chi connectivity index (χ0n) is 11.1. The van der Waals surface area contributed by atoms with Crippen molar-refractivity contribution in [3.05, 3.63) is 29.5 Å². The second kappa shape index (κ2) is 4.71. The quantitative estimate of drug-likeness (QED) is 0.864. The van der Waals surface area contributed by atoms with E-state index < -0.39 is 0 Å². The predicted octanol–water partition coefficient (Wildman–Crippen LogP) is 1.29. The van der Waals surface area contributed by atoms with Gasteiger partial charge in [-0.2, -0.15) is 5.10 Å². The fourth-order valence-corrected chi connectivity index (χ4v) is 2.71. The molecule has 4 heteroatoms. The maximum absolute atomic E-state index is 4.47. The minimum absolute atomic E-state index is 1.04. The van der Waals surface area contributed by atoms with E-state index in [2.05, 4.69) is 40.4 Å². The van der Waals surface area contributed by atoms with Gasteiger partial charge in [0, 0.05) is 45.2 Å². The maximum Gasteiger partial charge on any atom is 0.0685 e. The number of aromatic nitrogens is 2. The smallest absolute Gasteiger partial charge is 0.0685 e. The molecule has 1 fully saturated rings. The van der Waals surface area contributed by atoms with Gasteiger partial charge in [-0.1, -0.05) is 12.1 Å². The van der Waals surface area contributed by atoms with Crippen molar-refractivity contribution in [2.45, 2.75) is 13.5 Å². The van der Waals surface area contributed by atoms with E-state index in [0.717, 1.165) is 38.4 Å². The van der Waals surface area contributed by atoms with Crippen LogP contribution < -0.4 is 5.32 Å². The van der Waals surface area contributed by atoms with Crippen molar-refractivity contribution >= 4 is 10.9 Å². The van der Waals surface area contributed by atoms with Gasteiger partial charge in [0.15, 0.2) is 0 Å². The molecule has 0 unspecified atom stereocenters. The standard InChI is InChI=1S/C14H20N4/c1-11-13-4-3-12(9-14(13)17(2)16-11)10-18-7-5-15-6-8-18/h3-4,9,15H,5-8,10H2,1-2H3.